The van der Waals surface area contributed by atoms with Crippen LogP contribution in [0.15, 0.2) is 8.94 Å². The summed E-state index contributed by atoms with van der Waals surface area (Å²) in [5, 5.41) is 12.0. The molecule has 0 radical (unpaired) electrons. The molecule has 0 spiro atoms. The van der Waals surface area contributed by atoms with Crippen molar-refractivity contribution >= 4 is 5.91 Å². The maximum Gasteiger partial charge on any atom is 0.259 e. The number of aryl methyl sites for hydroxylation is 2. The Kier molecular flexibility index (Phi) is 4.66. The topological polar surface area (TPSA) is 94.5 Å². The lowest BCUT2D eigenvalue weighted by Gasteiger charge is -2.31. The zero-order chi connectivity index (χ0) is 17.3. The van der Waals surface area contributed by atoms with E-state index in [1.165, 1.54) is 0 Å². The first kappa shape index (κ1) is 16.6. The number of rotatable bonds is 4. The molecule has 1 atom stereocenters. The van der Waals surface area contributed by atoms with Crippen molar-refractivity contribution in [1.29, 1.82) is 0 Å². The summed E-state index contributed by atoms with van der Waals surface area (Å²) in [4.78, 5) is 14.6. The second-order valence-corrected chi connectivity index (χ2v) is 6.16. The fraction of sp³-hybridized carbons (Fsp3) is 0.625. The van der Waals surface area contributed by atoms with E-state index in [0.717, 1.165) is 0 Å². The highest BCUT2D eigenvalue weighted by Crippen LogP contribution is 2.25. The van der Waals surface area contributed by atoms with Gasteiger partial charge in [-0.05, 0) is 6.92 Å². The SMILES string of the molecule is CCc1onc(C)c1C(=O)N1CCOC(c2nnc(C(C)C)o2)C1. The molecule has 0 bridgehead atoms. The molecule has 2 aromatic heterocycles. The molecule has 0 aliphatic carbocycles. The van der Waals surface area contributed by atoms with Crippen molar-refractivity contribution in [2.24, 2.45) is 0 Å². The molecule has 3 heterocycles. The van der Waals surface area contributed by atoms with Crippen LogP contribution >= 0.6 is 0 Å². The number of ether oxygens (including phenoxy) is 1. The predicted octanol–water partition coefficient (Wildman–Crippen LogP) is 2.27. The Hall–Kier alpha value is -2.22. The largest absolute Gasteiger partial charge is 0.422 e. The summed E-state index contributed by atoms with van der Waals surface area (Å²) in [6.07, 6.45) is 0.213. The van der Waals surface area contributed by atoms with E-state index in [4.69, 9.17) is 13.7 Å². The first-order chi connectivity index (χ1) is 11.5. The van der Waals surface area contributed by atoms with E-state index in [1.807, 2.05) is 20.8 Å². The van der Waals surface area contributed by atoms with Crippen molar-refractivity contribution in [3.05, 3.63) is 28.8 Å². The Morgan fingerprint density at radius 3 is 2.83 bits per heavy atom. The quantitative estimate of drug-likeness (QED) is 0.846. The third-order valence-corrected chi connectivity index (χ3v) is 4.05. The van der Waals surface area contributed by atoms with Crippen LogP contribution in [0.4, 0.5) is 0 Å². The third kappa shape index (κ3) is 3.06. The van der Waals surface area contributed by atoms with Gasteiger partial charge in [-0.1, -0.05) is 25.9 Å². The van der Waals surface area contributed by atoms with Crippen LogP contribution in [0, 0.1) is 6.92 Å². The first-order valence-corrected chi connectivity index (χ1v) is 8.20. The van der Waals surface area contributed by atoms with Gasteiger partial charge in [0.05, 0.1) is 18.8 Å². The van der Waals surface area contributed by atoms with Crippen molar-refractivity contribution in [1.82, 2.24) is 20.3 Å². The van der Waals surface area contributed by atoms with E-state index < -0.39 is 6.10 Å². The summed E-state index contributed by atoms with van der Waals surface area (Å²) in [5.41, 5.74) is 1.16. The van der Waals surface area contributed by atoms with Gasteiger partial charge in [-0.15, -0.1) is 10.2 Å². The van der Waals surface area contributed by atoms with Crippen LogP contribution in [-0.2, 0) is 11.2 Å². The molecule has 1 fully saturated rings. The minimum absolute atomic E-state index is 0.0949. The van der Waals surface area contributed by atoms with E-state index >= 15 is 0 Å². The second kappa shape index (κ2) is 6.72. The van der Waals surface area contributed by atoms with Crippen molar-refractivity contribution < 1.29 is 18.5 Å². The lowest BCUT2D eigenvalue weighted by Crippen LogP contribution is -2.42. The molecule has 1 saturated heterocycles. The van der Waals surface area contributed by atoms with E-state index in [2.05, 4.69) is 15.4 Å². The van der Waals surface area contributed by atoms with E-state index in [9.17, 15) is 4.79 Å². The summed E-state index contributed by atoms with van der Waals surface area (Å²) in [5.74, 6) is 1.65. The molecule has 0 aromatic carbocycles. The molecule has 0 N–H and O–H groups in total. The summed E-state index contributed by atoms with van der Waals surface area (Å²) in [7, 11) is 0. The van der Waals surface area contributed by atoms with Gasteiger partial charge in [-0.3, -0.25) is 4.79 Å². The van der Waals surface area contributed by atoms with Crippen molar-refractivity contribution in [2.75, 3.05) is 19.7 Å². The summed E-state index contributed by atoms with van der Waals surface area (Å²) in [6, 6.07) is 0. The zero-order valence-corrected chi connectivity index (χ0v) is 14.4. The summed E-state index contributed by atoms with van der Waals surface area (Å²) in [6.45, 7) is 8.97. The minimum Gasteiger partial charge on any atom is -0.422 e. The van der Waals surface area contributed by atoms with Crippen LogP contribution in [0.1, 0.15) is 66.4 Å². The molecule has 24 heavy (non-hydrogen) atoms. The van der Waals surface area contributed by atoms with Gasteiger partial charge in [0.2, 0.25) is 11.8 Å². The number of aromatic nitrogens is 3. The average Bonchev–Trinajstić information content (AvgIpc) is 3.21. The maximum absolute atomic E-state index is 12.9. The fourth-order valence-corrected chi connectivity index (χ4v) is 2.68. The number of carbonyl (C=O) groups is 1. The molecular weight excluding hydrogens is 312 g/mol. The number of hydrogen-bond donors (Lipinski definition) is 0. The van der Waals surface area contributed by atoms with Crippen LogP contribution in [0.3, 0.4) is 0 Å². The Morgan fingerprint density at radius 1 is 1.38 bits per heavy atom. The summed E-state index contributed by atoms with van der Waals surface area (Å²) >= 11 is 0. The molecule has 1 aliphatic rings. The first-order valence-electron chi connectivity index (χ1n) is 8.20. The maximum atomic E-state index is 12.9. The number of hydrogen-bond acceptors (Lipinski definition) is 7. The molecule has 8 nitrogen and oxygen atoms in total. The smallest absolute Gasteiger partial charge is 0.259 e. The van der Waals surface area contributed by atoms with Crippen LogP contribution < -0.4 is 0 Å². The molecule has 1 aliphatic heterocycles. The highest BCUT2D eigenvalue weighted by Gasteiger charge is 2.32. The van der Waals surface area contributed by atoms with E-state index in [1.54, 1.807) is 11.8 Å². The number of amides is 1. The van der Waals surface area contributed by atoms with Gasteiger partial charge in [0.25, 0.3) is 5.91 Å². The fourth-order valence-electron chi connectivity index (χ4n) is 2.68. The molecule has 0 saturated carbocycles. The molecule has 130 valence electrons. The van der Waals surface area contributed by atoms with Gasteiger partial charge in [-0.25, -0.2) is 0 Å². The highest BCUT2D eigenvalue weighted by atomic mass is 16.5. The normalized spacial score (nSPS) is 18.4. The Bertz CT molecular complexity index is 721. The predicted molar refractivity (Wildman–Crippen MR) is 83.6 cm³/mol. The molecule has 2 aromatic rings. The zero-order valence-electron chi connectivity index (χ0n) is 14.4. The Balaban J connectivity index is 1.77. The van der Waals surface area contributed by atoms with Crippen LogP contribution in [-0.4, -0.2) is 45.9 Å². The average molecular weight is 334 g/mol. The van der Waals surface area contributed by atoms with Gasteiger partial charge >= 0.3 is 0 Å². The molecule has 1 unspecified atom stereocenters. The second-order valence-electron chi connectivity index (χ2n) is 6.16. The van der Waals surface area contributed by atoms with Crippen molar-refractivity contribution in [3.63, 3.8) is 0 Å². The monoisotopic (exact) mass is 334 g/mol. The van der Waals surface area contributed by atoms with Crippen molar-refractivity contribution in [2.45, 2.75) is 46.1 Å². The van der Waals surface area contributed by atoms with E-state index in [0.29, 0.717) is 54.9 Å². The number of morpholine rings is 1. The minimum atomic E-state index is -0.409. The van der Waals surface area contributed by atoms with Gasteiger partial charge < -0.3 is 18.6 Å². The standard InChI is InChI=1S/C16H22N4O4/c1-5-11-13(10(4)19-24-11)16(21)20-6-7-22-12(8-20)15-18-17-14(23-15)9(2)3/h9,12H,5-8H2,1-4H3. The van der Waals surface area contributed by atoms with E-state index in [-0.39, 0.29) is 11.8 Å². The third-order valence-electron chi connectivity index (χ3n) is 4.05. The van der Waals surface area contributed by atoms with Gasteiger partial charge in [0, 0.05) is 18.9 Å². The van der Waals surface area contributed by atoms with Crippen LogP contribution in [0.25, 0.3) is 0 Å². The molecule has 8 heteroatoms. The molecule has 3 rings (SSSR count). The van der Waals surface area contributed by atoms with Crippen molar-refractivity contribution in [3.8, 4) is 0 Å². The number of carbonyl (C=O) groups excluding carboxylic acids is 1. The number of nitrogens with zero attached hydrogens (tertiary/aromatic N) is 4. The highest BCUT2D eigenvalue weighted by molar-refractivity contribution is 5.96. The van der Waals surface area contributed by atoms with Gasteiger partial charge in [0.1, 0.15) is 11.3 Å². The molecule has 1 amide bonds. The molecular formula is C16H22N4O4. The summed E-state index contributed by atoms with van der Waals surface area (Å²) < 4.78 is 16.6. The Morgan fingerprint density at radius 2 is 2.17 bits per heavy atom. The van der Waals surface area contributed by atoms with Crippen LogP contribution in [0.5, 0.6) is 0 Å². The van der Waals surface area contributed by atoms with Gasteiger partial charge in [-0.2, -0.15) is 0 Å². The van der Waals surface area contributed by atoms with Gasteiger partial charge in [0.15, 0.2) is 6.10 Å². The lowest BCUT2D eigenvalue weighted by atomic mass is 10.1. The van der Waals surface area contributed by atoms with Crippen LogP contribution in [0.2, 0.25) is 0 Å². The Labute approximate surface area is 140 Å². The lowest BCUT2D eigenvalue weighted by molar-refractivity contribution is -0.0351.